The number of benzene rings is 1. The van der Waals surface area contributed by atoms with Crippen LogP contribution in [0.4, 0.5) is 10.5 Å². The zero-order valence-corrected chi connectivity index (χ0v) is 18.1. The number of urea groups is 1. The lowest BCUT2D eigenvalue weighted by molar-refractivity contribution is -0.149. The molecule has 0 spiro atoms. The highest BCUT2D eigenvalue weighted by molar-refractivity contribution is 6.02. The summed E-state index contributed by atoms with van der Waals surface area (Å²) < 4.78 is 4.67. The number of esters is 1. The maximum Gasteiger partial charge on any atom is 0.328 e. The van der Waals surface area contributed by atoms with Crippen molar-refractivity contribution in [2.75, 3.05) is 38.7 Å². The number of likely N-dealkylation sites (N-methyl/N-ethyl adjacent to an activating group) is 1. The fraction of sp³-hybridized carbons (Fsp3) is 0.571. The Morgan fingerprint density at radius 2 is 1.93 bits per heavy atom. The summed E-state index contributed by atoms with van der Waals surface area (Å²) in [5.74, 6) is -0.652. The van der Waals surface area contributed by atoms with Crippen molar-refractivity contribution < 1.29 is 19.1 Å². The number of fused-ring (bicyclic) bond motifs is 3. The molecule has 3 aliphatic rings. The molecule has 0 radical (unpaired) electrons. The second-order valence-corrected chi connectivity index (χ2v) is 8.55. The molecule has 30 heavy (non-hydrogen) atoms. The van der Waals surface area contributed by atoms with Gasteiger partial charge in [-0.3, -0.25) is 24.7 Å². The highest BCUT2D eigenvalue weighted by Gasteiger charge is 2.57. The van der Waals surface area contributed by atoms with Crippen LogP contribution >= 0.6 is 0 Å². The van der Waals surface area contributed by atoms with Crippen LogP contribution in [0.15, 0.2) is 18.2 Å². The Bertz CT molecular complexity index is 890. The van der Waals surface area contributed by atoms with E-state index >= 15 is 0 Å². The van der Waals surface area contributed by atoms with Crippen molar-refractivity contribution in [1.29, 1.82) is 0 Å². The van der Waals surface area contributed by atoms with Crippen molar-refractivity contribution in [2.24, 2.45) is 5.92 Å². The number of imide groups is 1. The number of aryl methyl sites for hydroxylation is 2. The molecule has 0 saturated carbocycles. The monoisotopic (exact) mass is 415 g/mol. The molecule has 0 bridgehead atoms. The second kappa shape index (κ2) is 7.55. The predicted molar refractivity (Wildman–Crippen MR) is 111 cm³/mol. The van der Waals surface area contributed by atoms with Gasteiger partial charge in [0, 0.05) is 25.8 Å². The smallest absolute Gasteiger partial charge is 0.328 e. The molecule has 4 atom stereocenters. The summed E-state index contributed by atoms with van der Waals surface area (Å²) in [5, 5.41) is 3.49. The van der Waals surface area contributed by atoms with E-state index in [2.05, 4.69) is 58.8 Å². The molecule has 3 saturated heterocycles. The Balaban J connectivity index is 1.67. The maximum atomic E-state index is 13.3. The van der Waals surface area contributed by atoms with Crippen LogP contribution in [-0.4, -0.2) is 84.9 Å². The van der Waals surface area contributed by atoms with Gasteiger partial charge in [0.05, 0.1) is 7.11 Å². The second-order valence-electron chi connectivity index (χ2n) is 8.55. The molecule has 3 aliphatic heterocycles. The quantitative estimate of drug-likeness (QED) is 0.728. The Morgan fingerprint density at radius 3 is 2.60 bits per heavy atom. The molecule has 1 aromatic rings. The van der Waals surface area contributed by atoms with Gasteiger partial charge >= 0.3 is 12.0 Å². The van der Waals surface area contributed by atoms with Crippen molar-refractivity contribution in [3.05, 3.63) is 29.3 Å². The number of amides is 3. The van der Waals surface area contributed by atoms with Gasteiger partial charge in [0.15, 0.2) is 0 Å². The summed E-state index contributed by atoms with van der Waals surface area (Å²) in [4.78, 5) is 44.7. The minimum atomic E-state index is -0.616. The molecule has 3 heterocycles. The van der Waals surface area contributed by atoms with E-state index in [1.54, 1.807) is 7.05 Å². The average molecular weight is 415 g/mol. The summed E-state index contributed by atoms with van der Waals surface area (Å²) in [6, 6.07) is 5.32. The van der Waals surface area contributed by atoms with Crippen LogP contribution in [0.1, 0.15) is 18.1 Å². The lowest BCUT2D eigenvalue weighted by atomic mass is 10.0. The van der Waals surface area contributed by atoms with Crippen molar-refractivity contribution >= 4 is 23.6 Å². The molecule has 0 aliphatic carbocycles. The molecule has 0 aromatic heterocycles. The number of carbonyl (C=O) groups excluding carboxylic acids is 3. The highest BCUT2D eigenvalue weighted by Crippen LogP contribution is 2.34. The van der Waals surface area contributed by atoms with Crippen LogP contribution in [-0.2, 0) is 14.3 Å². The fourth-order valence-corrected chi connectivity index (χ4v) is 4.66. The molecule has 9 heteroatoms. The molecule has 3 fully saturated rings. The molecule has 162 valence electrons. The minimum Gasteiger partial charge on any atom is -0.468 e. The molecule has 4 rings (SSSR count). The topological polar surface area (TPSA) is 85.4 Å². The maximum absolute atomic E-state index is 13.3. The number of carbonyl (C=O) groups is 3. The Morgan fingerprint density at radius 1 is 1.20 bits per heavy atom. The van der Waals surface area contributed by atoms with Gasteiger partial charge < -0.3 is 14.5 Å². The van der Waals surface area contributed by atoms with E-state index in [4.69, 9.17) is 0 Å². The van der Waals surface area contributed by atoms with Crippen molar-refractivity contribution in [3.8, 4) is 0 Å². The third-order valence-corrected chi connectivity index (χ3v) is 6.42. The van der Waals surface area contributed by atoms with Gasteiger partial charge in [-0.05, 0) is 43.0 Å². The molecule has 9 nitrogen and oxygen atoms in total. The molecule has 3 amide bonds. The Kier molecular flexibility index (Phi) is 5.19. The van der Waals surface area contributed by atoms with Crippen molar-refractivity contribution in [1.82, 2.24) is 20.0 Å². The van der Waals surface area contributed by atoms with Gasteiger partial charge in [-0.25, -0.2) is 4.79 Å². The molecule has 1 aromatic carbocycles. The summed E-state index contributed by atoms with van der Waals surface area (Å²) in [6.45, 7) is 7.52. The molecule has 4 unspecified atom stereocenters. The van der Waals surface area contributed by atoms with Gasteiger partial charge in [-0.1, -0.05) is 13.0 Å². The summed E-state index contributed by atoms with van der Waals surface area (Å²) in [7, 11) is 2.90. The minimum absolute atomic E-state index is 0.212. The zero-order valence-electron chi connectivity index (χ0n) is 18.1. The van der Waals surface area contributed by atoms with Crippen LogP contribution in [0.5, 0.6) is 0 Å². The van der Waals surface area contributed by atoms with Gasteiger partial charge in [0.25, 0.3) is 5.91 Å². The molecule has 1 N–H and O–H groups in total. The van der Waals surface area contributed by atoms with Crippen LogP contribution < -0.4 is 10.2 Å². The summed E-state index contributed by atoms with van der Waals surface area (Å²) in [5.41, 5.74) is 3.52. The number of anilines is 1. The first-order chi connectivity index (χ1) is 14.2. The number of nitrogens with zero attached hydrogens (tertiary/aromatic N) is 4. The predicted octanol–water partition coefficient (Wildman–Crippen LogP) is 0.710. The van der Waals surface area contributed by atoms with E-state index in [0.717, 1.165) is 23.7 Å². The first-order valence-electron chi connectivity index (χ1n) is 10.2. The number of hydrogen-bond donors (Lipinski definition) is 1. The van der Waals surface area contributed by atoms with Crippen LogP contribution in [0.2, 0.25) is 0 Å². The van der Waals surface area contributed by atoms with Crippen molar-refractivity contribution in [2.45, 2.75) is 39.3 Å². The van der Waals surface area contributed by atoms with E-state index in [1.807, 2.05) is 0 Å². The average Bonchev–Trinajstić information content (AvgIpc) is 3.10. The number of hydrogen-bond acceptors (Lipinski definition) is 7. The van der Waals surface area contributed by atoms with Crippen LogP contribution in [0.3, 0.4) is 0 Å². The van der Waals surface area contributed by atoms with Gasteiger partial charge in [-0.2, -0.15) is 0 Å². The lowest BCUT2D eigenvalue weighted by Gasteiger charge is -2.46. The van der Waals surface area contributed by atoms with Gasteiger partial charge in [0.2, 0.25) is 0 Å². The third kappa shape index (κ3) is 3.22. The zero-order chi connectivity index (χ0) is 21.7. The number of methoxy groups -OCH3 is 1. The number of rotatable bonds is 3. The lowest BCUT2D eigenvalue weighted by Crippen LogP contribution is -2.67. The van der Waals surface area contributed by atoms with Crippen LogP contribution in [0.25, 0.3) is 0 Å². The van der Waals surface area contributed by atoms with E-state index < -0.39 is 24.2 Å². The molecular weight excluding hydrogens is 386 g/mol. The van der Waals surface area contributed by atoms with E-state index in [0.29, 0.717) is 5.92 Å². The van der Waals surface area contributed by atoms with Crippen molar-refractivity contribution in [3.63, 3.8) is 0 Å². The Labute approximate surface area is 176 Å². The fourth-order valence-electron chi connectivity index (χ4n) is 4.66. The number of ether oxygens (including phenoxy) is 1. The first-order valence-corrected chi connectivity index (χ1v) is 10.2. The SMILES string of the molecule is COC(=O)CN1C(=O)C2C(NC3N(c4ccc(C)c(C)c4)CC(C)CN23)N(C)C1=O. The highest BCUT2D eigenvalue weighted by atomic mass is 16.5. The Hall–Kier alpha value is -2.65. The van der Waals surface area contributed by atoms with E-state index in [1.165, 1.54) is 23.1 Å². The van der Waals surface area contributed by atoms with Gasteiger partial charge in [-0.15, -0.1) is 0 Å². The normalized spacial score (nSPS) is 29.2. The first kappa shape index (κ1) is 20.6. The standard InChI is InChI=1S/C21H29N5O4/c1-12-9-24(15-7-6-13(2)14(3)8-15)20-22-18-17(25(20)10-12)19(28)26(11-16(27)30-5)21(29)23(18)4/h6-8,12,17-18,20,22H,9-11H2,1-5H3. The number of nitrogens with one attached hydrogen (secondary N) is 1. The van der Waals surface area contributed by atoms with E-state index in [9.17, 15) is 14.4 Å². The molecular formula is C21H29N5O4. The van der Waals surface area contributed by atoms with Crippen LogP contribution in [0, 0.1) is 19.8 Å². The largest absolute Gasteiger partial charge is 0.468 e. The summed E-state index contributed by atoms with van der Waals surface area (Å²) in [6.07, 6.45) is -0.668. The summed E-state index contributed by atoms with van der Waals surface area (Å²) >= 11 is 0. The van der Waals surface area contributed by atoms with Gasteiger partial charge in [0.1, 0.15) is 25.0 Å². The third-order valence-electron chi connectivity index (χ3n) is 6.42. The van der Waals surface area contributed by atoms with E-state index in [-0.39, 0.29) is 18.7 Å².